The van der Waals surface area contributed by atoms with E-state index in [1.807, 2.05) is 32.4 Å². The number of thioether (sulfide) groups is 1. The third-order valence-corrected chi connectivity index (χ3v) is 6.77. The Morgan fingerprint density at radius 1 is 1.24 bits per heavy atom. The predicted molar refractivity (Wildman–Crippen MR) is 95.0 cm³/mol. The summed E-state index contributed by atoms with van der Waals surface area (Å²) in [6, 6.07) is 0.218. The first-order valence-electron chi connectivity index (χ1n) is 9.27. The molecule has 3 aliphatic rings. The average Bonchev–Trinajstić information content (AvgIpc) is 3.28. The highest BCUT2D eigenvalue weighted by Crippen LogP contribution is 2.30. The molecule has 0 N–H and O–H groups in total. The highest BCUT2D eigenvalue weighted by Gasteiger charge is 2.33. The zero-order chi connectivity index (χ0) is 17.2. The first-order chi connectivity index (χ1) is 12.2. The van der Waals surface area contributed by atoms with E-state index in [4.69, 9.17) is 0 Å². The van der Waals surface area contributed by atoms with Crippen LogP contribution in [0.1, 0.15) is 50.3 Å². The molecule has 2 amide bonds. The van der Waals surface area contributed by atoms with Crippen molar-refractivity contribution in [3.05, 3.63) is 11.9 Å². The van der Waals surface area contributed by atoms with E-state index in [0.717, 1.165) is 31.7 Å². The minimum absolute atomic E-state index is 0.203. The highest BCUT2D eigenvalue weighted by atomic mass is 32.2. The summed E-state index contributed by atoms with van der Waals surface area (Å²) in [5, 5.41) is 9.07. The summed E-state index contributed by atoms with van der Waals surface area (Å²) in [5.74, 6) is 1.06. The summed E-state index contributed by atoms with van der Waals surface area (Å²) >= 11 is 1.83. The minimum Gasteiger partial charge on any atom is -0.338 e. The van der Waals surface area contributed by atoms with Crippen molar-refractivity contribution >= 4 is 23.6 Å². The second kappa shape index (κ2) is 7.35. The first-order valence-corrected chi connectivity index (χ1v) is 10.3. The average molecular weight is 363 g/mol. The summed E-state index contributed by atoms with van der Waals surface area (Å²) < 4.78 is 1.85. The van der Waals surface area contributed by atoms with Gasteiger partial charge in [-0.3, -0.25) is 9.59 Å². The number of rotatable bonds is 6. The molecule has 1 aliphatic carbocycles. The summed E-state index contributed by atoms with van der Waals surface area (Å²) in [4.78, 5) is 27.7. The van der Waals surface area contributed by atoms with Gasteiger partial charge in [0.1, 0.15) is 5.69 Å². The monoisotopic (exact) mass is 363 g/mol. The van der Waals surface area contributed by atoms with Gasteiger partial charge in [-0.15, -0.1) is 16.9 Å². The van der Waals surface area contributed by atoms with Crippen LogP contribution < -0.4 is 0 Å². The van der Waals surface area contributed by atoms with Crippen LogP contribution in [0.25, 0.3) is 0 Å². The fourth-order valence-corrected chi connectivity index (χ4v) is 5.02. The van der Waals surface area contributed by atoms with Crippen LogP contribution in [0.2, 0.25) is 0 Å². The van der Waals surface area contributed by atoms with Crippen molar-refractivity contribution in [1.82, 2.24) is 24.8 Å². The third kappa shape index (κ3) is 3.83. The van der Waals surface area contributed by atoms with Gasteiger partial charge in [-0.2, -0.15) is 0 Å². The van der Waals surface area contributed by atoms with Gasteiger partial charge in [0.2, 0.25) is 11.8 Å². The Hall–Kier alpha value is -1.57. The molecule has 1 saturated carbocycles. The Morgan fingerprint density at radius 2 is 2.04 bits per heavy atom. The number of hydrogen-bond acceptors (Lipinski definition) is 5. The minimum atomic E-state index is 0.203. The molecule has 0 unspecified atom stereocenters. The van der Waals surface area contributed by atoms with Crippen LogP contribution in [0.15, 0.2) is 6.20 Å². The lowest BCUT2D eigenvalue weighted by Crippen LogP contribution is -2.51. The van der Waals surface area contributed by atoms with E-state index >= 15 is 0 Å². The number of amides is 2. The molecule has 0 aromatic carbocycles. The maximum absolute atomic E-state index is 12.2. The largest absolute Gasteiger partial charge is 0.338 e. The second-order valence-electron chi connectivity index (χ2n) is 7.28. The second-order valence-corrected chi connectivity index (χ2v) is 8.57. The molecule has 4 rings (SSSR count). The molecular weight excluding hydrogens is 338 g/mol. The zero-order valence-electron chi connectivity index (χ0n) is 14.5. The molecule has 3 fully saturated rings. The van der Waals surface area contributed by atoms with Gasteiger partial charge < -0.3 is 9.80 Å². The molecule has 0 bridgehead atoms. The number of aromatic nitrogens is 3. The molecule has 1 aromatic rings. The smallest absolute Gasteiger partial charge is 0.232 e. The van der Waals surface area contributed by atoms with Crippen LogP contribution in [-0.4, -0.2) is 67.2 Å². The van der Waals surface area contributed by atoms with E-state index in [-0.39, 0.29) is 17.9 Å². The Kier molecular flexibility index (Phi) is 4.96. The molecule has 8 heteroatoms. The zero-order valence-corrected chi connectivity index (χ0v) is 15.3. The van der Waals surface area contributed by atoms with Gasteiger partial charge >= 0.3 is 0 Å². The Bertz CT molecular complexity index is 637. The van der Waals surface area contributed by atoms with Gasteiger partial charge in [0.05, 0.1) is 24.5 Å². The normalized spacial score (nSPS) is 22.0. The predicted octanol–water partition coefficient (Wildman–Crippen LogP) is 1.46. The number of carbonyl (C=O) groups is 2. The van der Waals surface area contributed by atoms with Gasteiger partial charge in [0.15, 0.2) is 0 Å². The first kappa shape index (κ1) is 16.9. The molecule has 0 spiro atoms. The van der Waals surface area contributed by atoms with Crippen LogP contribution in [0.3, 0.4) is 0 Å². The highest BCUT2D eigenvalue weighted by molar-refractivity contribution is 8.00. The standard InChI is InChI=1S/C17H25N5O2S/c23-16-6-3-7-20(16)8-13-9-22(19-18-13)14-10-21(11-14)17(24)12-25-15-4-1-2-5-15/h9,14-15H,1-8,10-12H2. The van der Waals surface area contributed by atoms with E-state index in [0.29, 0.717) is 24.0 Å². The molecule has 1 aromatic heterocycles. The van der Waals surface area contributed by atoms with E-state index < -0.39 is 0 Å². The lowest BCUT2D eigenvalue weighted by Gasteiger charge is -2.39. The topological polar surface area (TPSA) is 71.3 Å². The van der Waals surface area contributed by atoms with Crippen LogP contribution >= 0.6 is 11.8 Å². The van der Waals surface area contributed by atoms with E-state index in [1.165, 1.54) is 25.7 Å². The Morgan fingerprint density at radius 3 is 2.76 bits per heavy atom. The van der Waals surface area contributed by atoms with Crippen LogP contribution in [0.5, 0.6) is 0 Å². The Balaban J connectivity index is 1.22. The number of likely N-dealkylation sites (tertiary alicyclic amines) is 2. The van der Waals surface area contributed by atoms with E-state index in [9.17, 15) is 9.59 Å². The van der Waals surface area contributed by atoms with Crippen molar-refractivity contribution in [3.63, 3.8) is 0 Å². The summed E-state index contributed by atoms with van der Waals surface area (Å²) in [7, 11) is 0. The molecule has 7 nitrogen and oxygen atoms in total. The van der Waals surface area contributed by atoms with Crippen LogP contribution in [0.4, 0.5) is 0 Å². The van der Waals surface area contributed by atoms with Gasteiger partial charge in [-0.25, -0.2) is 4.68 Å². The quantitative estimate of drug-likeness (QED) is 0.765. The summed E-state index contributed by atoms with van der Waals surface area (Å²) in [5.41, 5.74) is 0.830. The molecule has 0 radical (unpaired) electrons. The molecule has 2 saturated heterocycles. The molecule has 3 heterocycles. The lowest BCUT2D eigenvalue weighted by molar-refractivity contribution is -0.134. The molecule has 25 heavy (non-hydrogen) atoms. The SMILES string of the molecule is O=C1CCCN1Cc1cn(C2CN(C(=O)CSC3CCCC3)C2)nn1. The van der Waals surface area contributed by atoms with Crippen molar-refractivity contribution in [1.29, 1.82) is 0 Å². The molecule has 136 valence electrons. The molecule has 2 aliphatic heterocycles. The maximum Gasteiger partial charge on any atom is 0.232 e. The number of nitrogens with zero attached hydrogens (tertiary/aromatic N) is 5. The fourth-order valence-electron chi connectivity index (χ4n) is 3.79. The molecule has 0 atom stereocenters. The van der Waals surface area contributed by atoms with E-state index in [2.05, 4.69) is 10.3 Å². The van der Waals surface area contributed by atoms with E-state index in [1.54, 1.807) is 0 Å². The van der Waals surface area contributed by atoms with Crippen molar-refractivity contribution in [3.8, 4) is 0 Å². The van der Waals surface area contributed by atoms with Gasteiger partial charge in [-0.1, -0.05) is 18.1 Å². The maximum atomic E-state index is 12.2. The third-order valence-electron chi connectivity index (χ3n) is 5.42. The van der Waals surface area contributed by atoms with Crippen LogP contribution in [-0.2, 0) is 16.1 Å². The van der Waals surface area contributed by atoms with Crippen LogP contribution in [0, 0.1) is 0 Å². The summed E-state index contributed by atoms with van der Waals surface area (Å²) in [6.45, 7) is 2.80. The van der Waals surface area contributed by atoms with Gasteiger partial charge in [0, 0.05) is 31.3 Å². The fraction of sp³-hybridized carbons (Fsp3) is 0.765. The van der Waals surface area contributed by atoms with Crippen molar-refractivity contribution in [2.75, 3.05) is 25.4 Å². The number of hydrogen-bond donors (Lipinski definition) is 0. The number of carbonyl (C=O) groups excluding carboxylic acids is 2. The Labute approximate surface area is 152 Å². The molecular formula is C17H25N5O2S. The van der Waals surface area contributed by atoms with Crippen molar-refractivity contribution in [2.45, 2.75) is 56.4 Å². The van der Waals surface area contributed by atoms with Gasteiger partial charge in [-0.05, 0) is 19.3 Å². The van der Waals surface area contributed by atoms with Crippen molar-refractivity contribution < 1.29 is 9.59 Å². The van der Waals surface area contributed by atoms with Crippen molar-refractivity contribution in [2.24, 2.45) is 0 Å². The summed E-state index contributed by atoms with van der Waals surface area (Å²) in [6.07, 6.45) is 8.66. The van der Waals surface area contributed by atoms with Gasteiger partial charge in [0.25, 0.3) is 0 Å². The lowest BCUT2D eigenvalue weighted by atomic mass is 10.1.